The topological polar surface area (TPSA) is 51.9 Å². The molecule has 3 rings (SSSR count). The standard InChI is InChI=1S/C20H27NO4/c1-13(2)12-24-15-7-9-21(10-8-15)20(22)19-14(3)25-18-6-5-16(23-4)11-17(18)19/h5-6,11,13,15H,7-10,12H2,1-4H3. The average Bonchev–Trinajstić information content (AvgIpc) is 2.94. The Bertz CT molecular complexity index is 741. The number of methoxy groups -OCH3 is 1. The molecule has 2 heterocycles. The summed E-state index contributed by atoms with van der Waals surface area (Å²) in [5.41, 5.74) is 1.37. The Morgan fingerprint density at radius 1 is 1.32 bits per heavy atom. The smallest absolute Gasteiger partial charge is 0.258 e. The molecule has 1 aliphatic heterocycles. The predicted octanol–water partition coefficient (Wildman–Crippen LogP) is 4.03. The number of likely N-dealkylation sites (tertiary alicyclic amines) is 1. The Hall–Kier alpha value is -2.01. The second-order valence-corrected chi connectivity index (χ2v) is 7.11. The molecule has 5 heteroatoms. The Morgan fingerprint density at radius 3 is 2.68 bits per heavy atom. The molecule has 1 aromatic carbocycles. The minimum absolute atomic E-state index is 0.0341. The van der Waals surface area contributed by atoms with Crippen molar-refractivity contribution in [3.8, 4) is 5.75 Å². The van der Waals surface area contributed by atoms with Crippen molar-refractivity contribution in [2.75, 3.05) is 26.8 Å². The van der Waals surface area contributed by atoms with Crippen LogP contribution in [0.2, 0.25) is 0 Å². The third-order valence-corrected chi connectivity index (χ3v) is 4.68. The molecule has 0 aliphatic carbocycles. The molecule has 1 amide bonds. The number of carbonyl (C=O) groups excluding carboxylic acids is 1. The van der Waals surface area contributed by atoms with Crippen LogP contribution in [0, 0.1) is 12.8 Å². The first-order valence-corrected chi connectivity index (χ1v) is 8.97. The van der Waals surface area contributed by atoms with Crippen molar-refractivity contribution < 1.29 is 18.7 Å². The monoisotopic (exact) mass is 345 g/mol. The molecule has 5 nitrogen and oxygen atoms in total. The second kappa shape index (κ2) is 7.48. The first-order valence-electron chi connectivity index (χ1n) is 8.97. The zero-order chi connectivity index (χ0) is 18.0. The van der Waals surface area contributed by atoms with Gasteiger partial charge in [-0.05, 0) is 43.9 Å². The number of carbonyl (C=O) groups is 1. The number of aryl methyl sites for hydroxylation is 1. The molecule has 0 radical (unpaired) electrons. The highest BCUT2D eigenvalue weighted by atomic mass is 16.5. The van der Waals surface area contributed by atoms with Crippen LogP contribution < -0.4 is 4.74 Å². The van der Waals surface area contributed by atoms with Crippen molar-refractivity contribution >= 4 is 16.9 Å². The van der Waals surface area contributed by atoms with E-state index < -0.39 is 0 Å². The lowest BCUT2D eigenvalue weighted by atomic mass is 10.0. The van der Waals surface area contributed by atoms with Crippen molar-refractivity contribution in [3.05, 3.63) is 29.5 Å². The summed E-state index contributed by atoms with van der Waals surface area (Å²) in [6, 6.07) is 5.57. The van der Waals surface area contributed by atoms with Gasteiger partial charge in [0.25, 0.3) is 5.91 Å². The summed E-state index contributed by atoms with van der Waals surface area (Å²) in [4.78, 5) is 15.0. The molecular weight excluding hydrogens is 318 g/mol. The van der Waals surface area contributed by atoms with Gasteiger partial charge < -0.3 is 18.8 Å². The van der Waals surface area contributed by atoms with Crippen LogP contribution in [0.4, 0.5) is 0 Å². The van der Waals surface area contributed by atoms with Crippen molar-refractivity contribution in [2.24, 2.45) is 5.92 Å². The molecular formula is C20H27NO4. The van der Waals surface area contributed by atoms with Crippen LogP contribution in [0.5, 0.6) is 5.75 Å². The maximum Gasteiger partial charge on any atom is 0.258 e. The normalized spacial score (nSPS) is 16.0. The third kappa shape index (κ3) is 3.82. The van der Waals surface area contributed by atoms with E-state index >= 15 is 0 Å². The van der Waals surface area contributed by atoms with Gasteiger partial charge >= 0.3 is 0 Å². The molecule has 1 fully saturated rings. The number of benzene rings is 1. The second-order valence-electron chi connectivity index (χ2n) is 7.11. The van der Waals surface area contributed by atoms with Crippen molar-refractivity contribution in [1.29, 1.82) is 0 Å². The first-order chi connectivity index (χ1) is 12.0. The molecule has 0 spiro atoms. The predicted molar refractivity (Wildman–Crippen MR) is 97.2 cm³/mol. The maximum atomic E-state index is 13.1. The zero-order valence-electron chi connectivity index (χ0n) is 15.5. The van der Waals surface area contributed by atoms with Gasteiger partial charge in [0.05, 0.1) is 18.8 Å². The van der Waals surface area contributed by atoms with E-state index in [9.17, 15) is 4.79 Å². The molecule has 0 atom stereocenters. The van der Waals surface area contributed by atoms with Crippen molar-refractivity contribution in [3.63, 3.8) is 0 Å². The number of furan rings is 1. The molecule has 136 valence electrons. The lowest BCUT2D eigenvalue weighted by Crippen LogP contribution is -2.41. The van der Waals surface area contributed by atoms with Crippen LogP contribution in [-0.2, 0) is 4.74 Å². The molecule has 0 saturated carbocycles. The fourth-order valence-corrected chi connectivity index (χ4v) is 3.30. The molecule has 2 aromatic rings. The SMILES string of the molecule is COc1ccc2oc(C)c(C(=O)N3CCC(OCC(C)C)CC3)c2c1. The van der Waals surface area contributed by atoms with Crippen molar-refractivity contribution in [1.82, 2.24) is 4.90 Å². The minimum Gasteiger partial charge on any atom is -0.497 e. The number of piperidine rings is 1. The number of ether oxygens (including phenoxy) is 2. The van der Waals surface area contributed by atoms with Gasteiger partial charge in [0.15, 0.2) is 0 Å². The van der Waals surface area contributed by atoms with Gasteiger partial charge in [-0.3, -0.25) is 4.79 Å². The molecule has 1 saturated heterocycles. The number of fused-ring (bicyclic) bond motifs is 1. The fourth-order valence-electron chi connectivity index (χ4n) is 3.30. The summed E-state index contributed by atoms with van der Waals surface area (Å²) in [6.45, 7) is 8.37. The highest BCUT2D eigenvalue weighted by molar-refractivity contribution is 6.07. The van der Waals surface area contributed by atoms with Gasteiger partial charge in [0.2, 0.25) is 0 Å². The molecule has 25 heavy (non-hydrogen) atoms. The molecule has 1 aliphatic rings. The van der Waals surface area contributed by atoms with Crippen LogP contribution in [0.15, 0.2) is 22.6 Å². The summed E-state index contributed by atoms with van der Waals surface area (Å²) >= 11 is 0. The van der Waals surface area contributed by atoms with E-state index in [0.29, 0.717) is 17.2 Å². The quantitative estimate of drug-likeness (QED) is 0.821. The Kier molecular flexibility index (Phi) is 5.33. The van der Waals surface area contributed by atoms with Gasteiger partial charge in [0, 0.05) is 25.1 Å². The number of rotatable bonds is 5. The van der Waals surface area contributed by atoms with E-state index in [2.05, 4.69) is 13.8 Å². The Balaban J connectivity index is 1.74. The highest BCUT2D eigenvalue weighted by Gasteiger charge is 2.28. The van der Waals surface area contributed by atoms with Gasteiger partial charge in [-0.15, -0.1) is 0 Å². The number of nitrogens with zero attached hydrogens (tertiary/aromatic N) is 1. The van der Waals surface area contributed by atoms with Gasteiger partial charge in [-0.1, -0.05) is 13.8 Å². The average molecular weight is 345 g/mol. The van der Waals surface area contributed by atoms with Crippen LogP contribution in [0.1, 0.15) is 42.8 Å². The largest absolute Gasteiger partial charge is 0.497 e. The lowest BCUT2D eigenvalue weighted by Gasteiger charge is -2.32. The Labute approximate surface area is 148 Å². The van der Waals surface area contributed by atoms with E-state index in [1.165, 1.54) is 0 Å². The summed E-state index contributed by atoms with van der Waals surface area (Å²) in [5.74, 6) is 1.95. The molecule has 0 bridgehead atoms. The first kappa shape index (κ1) is 17.8. The fraction of sp³-hybridized carbons (Fsp3) is 0.550. The van der Waals surface area contributed by atoms with E-state index in [1.807, 2.05) is 30.0 Å². The molecule has 0 unspecified atom stereocenters. The lowest BCUT2D eigenvalue weighted by molar-refractivity contribution is -0.00230. The molecule has 0 N–H and O–H groups in total. The van der Waals surface area contributed by atoms with Crippen LogP contribution in [0.25, 0.3) is 11.0 Å². The minimum atomic E-state index is 0.0341. The summed E-state index contributed by atoms with van der Waals surface area (Å²) in [6.07, 6.45) is 2.03. The number of hydrogen-bond donors (Lipinski definition) is 0. The van der Waals surface area contributed by atoms with Gasteiger partial charge in [0.1, 0.15) is 17.1 Å². The van der Waals surface area contributed by atoms with Gasteiger partial charge in [-0.25, -0.2) is 0 Å². The Morgan fingerprint density at radius 2 is 2.04 bits per heavy atom. The van der Waals surface area contributed by atoms with Crippen LogP contribution in [0.3, 0.4) is 0 Å². The van der Waals surface area contributed by atoms with E-state index in [4.69, 9.17) is 13.9 Å². The van der Waals surface area contributed by atoms with E-state index in [1.54, 1.807) is 7.11 Å². The summed E-state index contributed by atoms with van der Waals surface area (Å²) < 4.78 is 17.0. The zero-order valence-corrected chi connectivity index (χ0v) is 15.5. The van der Waals surface area contributed by atoms with Crippen molar-refractivity contribution in [2.45, 2.75) is 39.7 Å². The molecule has 1 aromatic heterocycles. The number of amides is 1. The third-order valence-electron chi connectivity index (χ3n) is 4.68. The van der Waals surface area contributed by atoms with Crippen LogP contribution >= 0.6 is 0 Å². The highest BCUT2D eigenvalue weighted by Crippen LogP contribution is 2.30. The maximum absolute atomic E-state index is 13.1. The van der Waals surface area contributed by atoms with Gasteiger partial charge in [-0.2, -0.15) is 0 Å². The van der Waals surface area contributed by atoms with E-state index in [-0.39, 0.29) is 12.0 Å². The van der Waals surface area contributed by atoms with Crippen LogP contribution in [-0.4, -0.2) is 43.7 Å². The summed E-state index contributed by atoms with van der Waals surface area (Å²) in [5, 5.41) is 0.819. The summed E-state index contributed by atoms with van der Waals surface area (Å²) in [7, 11) is 1.62. The van der Waals surface area contributed by atoms with E-state index in [0.717, 1.165) is 49.3 Å². The number of hydrogen-bond acceptors (Lipinski definition) is 4.